The second-order valence-electron chi connectivity index (χ2n) is 4.13. The van der Waals surface area contributed by atoms with E-state index in [9.17, 15) is 4.79 Å². The van der Waals surface area contributed by atoms with Crippen LogP contribution in [0.25, 0.3) is 0 Å². The molecule has 0 aliphatic heterocycles. The molecule has 0 heterocycles. The Morgan fingerprint density at radius 3 is 2.64 bits per heavy atom. The lowest BCUT2D eigenvalue weighted by molar-refractivity contribution is -0.114. The largest absolute Gasteiger partial charge is 0.466 e. The molecule has 14 heavy (non-hydrogen) atoms. The van der Waals surface area contributed by atoms with Gasteiger partial charge in [0.25, 0.3) is 0 Å². The van der Waals surface area contributed by atoms with Gasteiger partial charge in [-0.1, -0.05) is 19.4 Å². The number of carbonyl (C=O) groups is 1. The average molecular weight is 192 g/mol. The summed E-state index contributed by atoms with van der Waals surface area (Å²) in [5.74, 6) is 2.38. The van der Waals surface area contributed by atoms with Gasteiger partial charge in [-0.25, -0.2) is 0 Å². The molecule has 0 aromatic heterocycles. The molecule has 0 saturated heterocycles. The number of ketones is 1. The number of carbonyl (C=O) groups excluding carboxylic acids is 1. The Balaban J connectivity index is 1.88. The molecule has 1 saturated carbocycles. The Morgan fingerprint density at radius 1 is 1.36 bits per heavy atom. The molecule has 0 atom stereocenters. The van der Waals surface area contributed by atoms with Gasteiger partial charge in [0.05, 0.1) is 5.76 Å². The van der Waals surface area contributed by atoms with E-state index in [4.69, 9.17) is 4.74 Å². The van der Waals surface area contributed by atoms with Crippen LogP contribution in [0.3, 0.4) is 0 Å². The van der Waals surface area contributed by atoms with Crippen LogP contribution in [0.1, 0.15) is 38.5 Å². The molecule has 76 valence electrons. The summed E-state index contributed by atoms with van der Waals surface area (Å²) in [5.41, 5.74) is 0. The highest BCUT2D eigenvalue weighted by atomic mass is 16.5. The molecule has 2 heteroatoms. The van der Waals surface area contributed by atoms with Crippen LogP contribution >= 0.6 is 0 Å². The molecule has 1 fully saturated rings. The lowest BCUT2D eigenvalue weighted by atomic mass is 10.1. The van der Waals surface area contributed by atoms with Gasteiger partial charge in [-0.15, -0.1) is 0 Å². The fourth-order valence-electron chi connectivity index (χ4n) is 2.15. The standard InChI is InChI=1S/C12H16O2/c1-9(10-4-2-3-5-10)14-12-7-6-11(13)8-12/h8,10H,1-7H2. The quantitative estimate of drug-likeness (QED) is 0.642. The minimum absolute atomic E-state index is 0.180. The average Bonchev–Trinajstić information content (AvgIpc) is 2.75. The Kier molecular flexibility index (Phi) is 2.71. The summed E-state index contributed by atoms with van der Waals surface area (Å²) in [5, 5.41) is 0. The Morgan fingerprint density at radius 2 is 2.07 bits per heavy atom. The van der Waals surface area contributed by atoms with Crippen molar-refractivity contribution in [2.45, 2.75) is 38.5 Å². The van der Waals surface area contributed by atoms with Crippen LogP contribution in [0.15, 0.2) is 24.2 Å². The molecule has 2 nitrogen and oxygen atoms in total. The third-order valence-corrected chi connectivity index (χ3v) is 3.01. The first-order valence-electron chi connectivity index (χ1n) is 5.36. The molecule has 0 spiro atoms. The maximum absolute atomic E-state index is 11.0. The monoisotopic (exact) mass is 192 g/mol. The first-order valence-corrected chi connectivity index (χ1v) is 5.36. The third-order valence-electron chi connectivity index (χ3n) is 3.01. The lowest BCUT2D eigenvalue weighted by Gasteiger charge is -2.14. The molecule has 2 aliphatic carbocycles. The van der Waals surface area contributed by atoms with Gasteiger partial charge in [-0.3, -0.25) is 4.79 Å². The van der Waals surface area contributed by atoms with Crippen LogP contribution in [0.4, 0.5) is 0 Å². The summed E-state index contributed by atoms with van der Waals surface area (Å²) in [4.78, 5) is 11.0. The highest BCUT2D eigenvalue weighted by Gasteiger charge is 2.21. The van der Waals surface area contributed by atoms with Crippen molar-refractivity contribution in [3.8, 4) is 0 Å². The molecule has 0 N–H and O–H groups in total. The van der Waals surface area contributed by atoms with E-state index in [0.717, 1.165) is 17.9 Å². The fraction of sp³-hybridized carbons (Fsp3) is 0.583. The summed E-state index contributed by atoms with van der Waals surface area (Å²) in [6.07, 6.45) is 7.92. The molecule has 0 bridgehead atoms. The Labute approximate surface area is 84.6 Å². The van der Waals surface area contributed by atoms with Crippen LogP contribution in [-0.4, -0.2) is 5.78 Å². The van der Waals surface area contributed by atoms with E-state index in [1.54, 1.807) is 6.08 Å². The van der Waals surface area contributed by atoms with Crippen molar-refractivity contribution in [2.24, 2.45) is 5.92 Å². The summed E-state index contributed by atoms with van der Waals surface area (Å²) < 4.78 is 5.61. The van der Waals surface area contributed by atoms with Gasteiger partial charge in [-0.2, -0.15) is 0 Å². The SMILES string of the molecule is C=C(OC1=CC(=O)CC1)C1CCCC1. The van der Waals surface area contributed by atoms with Crippen LogP contribution in [-0.2, 0) is 9.53 Å². The van der Waals surface area contributed by atoms with Crippen molar-refractivity contribution in [3.05, 3.63) is 24.2 Å². The van der Waals surface area contributed by atoms with Gasteiger partial charge in [-0.05, 0) is 12.8 Å². The maximum Gasteiger partial charge on any atom is 0.159 e. The predicted molar refractivity (Wildman–Crippen MR) is 54.5 cm³/mol. The molecular formula is C12H16O2. The van der Waals surface area contributed by atoms with Crippen molar-refractivity contribution in [2.75, 3.05) is 0 Å². The summed E-state index contributed by atoms with van der Waals surface area (Å²) in [6, 6.07) is 0. The smallest absolute Gasteiger partial charge is 0.159 e. The zero-order chi connectivity index (χ0) is 9.97. The van der Waals surface area contributed by atoms with Gasteiger partial charge < -0.3 is 4.74 Å². The second kappa shape index (κ2) is 3.99. The molecule has 0 aromatic carbocycles. The number of rotatable bonds is 3. The lowest BCUT2D eigenvalue weighted by Crippen LogP contribution is -2.01. The molecular weight excluding hydrogens is 176 g/mol. The van der Waals surface area contributed by atoms with Crippen LogP contribution in [0.5, 0.6) is 0 Å². The van der Waals surface area contributed by atoms with E-state index in [2.05, 4.69) is 6.58 Å². The normalized spacial score (nSPS) is 22.6. The van der Waals surface area contributed by atoms with E-state index >= 15 is 0 Å². The van der Waals surface area contributed by atoms with Crippen LogP contribution in [0, 0.1) is 5.92 Å². The fourth-order valence-corrected chi connectivity index (χ4v) is 2.15. The highest BCUT2D eigenvalue weighted by molar-refractivity contribution is 5.92. The number of hydrogen-bond donors (Lipinski definition) is 0. The molecule has 0 radical (unpaired) electrons. The topological polar surface area (TPSA) is 26.3 Å². The Hall–Kier alpha value is -1.05. The number of allylic oxidation sites excluding steroid dienone is 3. The van der Waals surface area contributed by atoms with E-state index in [0.29, 0.717) is 12.3 Å². The zero-order valence-corrected chi connectivity index (χ0v) is 8.42. The van der Waals surface area contributed by atoms with Gasteiger partial charge >= 0.3 is 0 Å². The minimum atomic E-state index is 0.180. The van der Waals surface area contributed by atoms with Crippen LogP contribution in [0.2, 0.25) is 0 Å². The Bertz CT molecular complexity index is 283. The molecule has 0 amide bonds. The van der Waals surface area contributed by atoms with E-state index in [1.165, 1.54) is 25.7 Å². The van der Waals surface area contributed by atoms with Crippen LogP contribution < -0.4 is 0 Å². The van der Waals surface area contributed by atoms with Crippen molar-refractivity contribution in [1.29, 1.82) is 0 Å². The first kappa shape index (κ1) is 9.50. The second-order valence-corrected chi connectivity index (χ2v) is 4.13. The summed E-state index contributed by atoms with van der Waals surface area (Å²) >= 11 is 0. The van der Waals surface area contributed by atoms with Gasteiger partial charge in [0.15, 0.2) is 5.78 Å². The van der Waals surface area contributed by atoms with Crippen molar-refractivity contribution in [3.63, 3.8) is 0 Å². The van der Waals surface area contributed by atoms with E-state index < -0.39 is 0 Å². The summed E-state index contributed by atoms with van der Waals surface area (Å²) in [6.45, 7) is 3.95. The molecule has 2 rings (SSSR count). The zero-order valence-electron chi connectivity index (χ0n) is 8.42. The van der Waals surface area contributed by atoms with Gasteiger partial charge in [0, 0.05) is 24.8 Å². The summed E-state index contributed by atoms with van der Waals surface area (Å²) in [7, 11) is 0. The minimum Gasteiger partial charge on any atom is -0.466 e. The molecule has 0 unspecified atom stereocenters. The maximum atomic E-state index is 11.0. The number of hydrogen-bond acceptors (Lipinski definition) is 2. The van der Waals surface area contributed by atoms with Crippen molar-refractivity contribution < 1.29 is 9.53 Å². The van der Waals surface area contributed by atoms with E-state index in [-0.39, 0.29) is 5.78 Å². The predicted octanol–water partition coefficient (Wildman–Crippen LogP) is 2.95. The molecule has 0 aromatic rings. The van der Waals surface area contributed by atoms with Crippen molar-refractivity contribution >= 4 is 5.78 Å². The third kappa shape index (κ3) is 2.06. The van der Waals surface area contributed by atoms with Gasteiger partial charge in [0.2, 0.25) is 0 Å². The number of ether oxygens (including phenoxy) is 1. The first-order chi connectivity index (χ1) is 6.75. The van der Waals surface area contributed by atoms with E-state index in [1.807, 2.05) is 0 Å². The van der Waals surface area contributed by atoms with Crippen molar-refractivity contribution in [1.82, 2.24) is 0 Å². The highest BCUT2D eigenvalue weighted by Crippen LogP contribution is 2.32. The molecule has 2 aliphatic rings. The van der Waals surface area contributed by atoms with Gasteiger partial charge in [0.1, 0.15) is 5.76 Å².